The maximum absolute atomic E-state index is 14.5. The SMILES string of the molecule is C=C.CC/C(=C\C=C(/C)c1ccc(-c2nc3nc(C4=CC(C)C(F)C=C4F)ccc3[nH]2)cn1)N1CCC(CC(=O)OC)CC1. The van der Waals surface area contributed by atoms with Gasteiger partial charge in [0.05, 0.1) is 24.0 Å². The van der Waals surface area contributed by atoms with Gasteiger partial charge in [0.1, 0.15) is 17.8 Å². The molecule has 0 radical (unpaired) electrons. The molecule has 0 saturated carbocycles. The minimum absolute atomic E-state index is 0.127. The number of allylic oxidation sites excluding steroid dienone is 8. The fraction of sp³-hybridized carbons (Fsp3) is 0.371. The molecule has 2 atom stereocenters. The average Bonchev–Trinajstić information content (AvgIpc) is 3.48. The van der Waals surface area contributed by atoms with E-state index in [1.807, 2.05) is 25.1 Å². The van der Waals surface area contributed by atoms with Gasteiger partial charge < -0.3 is 14.6 Å². The molecule has 0 spiro atoms. The second-order valence-corrected chi connectivity index (χ2v) is 11.1. The van der Waals surface area contributed by atoms with Crippen LogP contribution >= 0.6 is 0 Å². The van der Waals surface area contributed by atoms with Gasteiger partial charge in [-0.05, 0) is 74.1 Å². The van der Waals surface area contributed by atoms with Crippen LogP contribution in [0.3, 0.4) is 0 Å². The Kier molecular flexibility index (Phi) is 11.0. The highest BCUT2D eigenvalue weighted by Crippen LogP contribution is 2.33. The summed E-state index contributed by atoms with van der Waals surface area (Å²) >= 11 is 0. The number of rotatable bonds is 8. The number of imidazole rings is 1. The number of nitrogens with zero attached hydrogens (tertiary/aromatic N) is 4. The van der Waals surface area contributed by atoms with Gasteiger partial charge in [0, 0.05) is 48.5 Å². The number of aromatic nitrogens is 4. The number of esters is 1. The fourth-order valence-corrected chi connectivity index (χ4v) is 5.47. The number of hydrogen-bond acceptors (Lipinski definition) is 6. The average molecular weight is 602 g/mol. The summed E-state index contributed by atoms with van der Waals surface area (Å²) in [5.41, 5.74) is 5.88. The zero-order chi connectivity index (χ0) is 31.8. The Bertz CT molecular complexity index is 1580. The quantitative estimate of drug-likeness (QED) is 0.160. The van der Waals surface area contributed by atoms with E-state index < -0.39 is 17.9 Å². The van der Waals surface area contributed by atoms with Crippen LogP contribution in [0.5, 0.6) is 0 Å². The molecule has 1 saturated heterocycles. The first kappa shape index (κ1) is 32.5. The van der Waals surface area contributed by atoms with E-state index in [0.717, 1.165) is 60.8 Å². The van der Waals surface area contributed by atoms with E-state index in [-0.39, 0.29) is 5.97 Å². The molecular formula is C35H41F2N5O2. The monoisotopic (exact) mass is 601 g/mol. The van der Waals surface area contributed by atoms with Crippen LogP contribution in [0.25, 0.3) is 33.7 Å². The number of aromatic amines is 1. The summed E-state index contributed by atoms with van der Waals surface area (Å²) < 4.78 is 33.1. The first-order valence-corrected chi connectivity index (χ1v) is 15.0. The minimum atomic E-state index is -1.34. The number of likely N-dealkylation sites (tertiary alicyclic amines) is 1. The largest absolute Gasteiger partial charge is 0.469 e. The lowest BCUT2D eigenvalue weighted by atomic mass is 9.93. The number of hydrogen-bond donors (Lipinski definition) is 1. The summed E-state index contributed by atoms with van der Waals surface area (Å²) in [6.07, 6.45) is 10.7. The summed E-state index contributed by atoms with van der Waals surface area (Å²) in [5, 5.41) is 0. The van der Waals surface area contributed by atoms with Gasteiger partial charge in [-0.2, -0.15) is 0 Å². The van der Waals surface area contributed by atoms with E-state index in [2.05, 4.69) is 57.1 Å². The number of H-pyrrole nitrogens is 1. The molecule has 5 rings (SSSR count). The van der Waals surface area contributed by atoms with Crippen molar-refractivity contribution in [2.75, 3.05) is 20.2 Å². The number of nitrogens with one attached hydrogen (secondary N) is 1. The maximum atomic E-state index is 14.5. The maximum Gasteiger partial charge on any atom is 0.305 e. The van der Waals surface area contributed by atoms with Crippen LogP contribution < -0.4 is 0 Å². The van der Waals surface area contributed by atoms with Crippen molar-refractivity contribution in [1.29, 1.82) is 0 Å². The molecule has 1 aliphatic heterocycles. The normalized spacial score (nSPS) is 19.6. The van der Waals surface area contributed by atoms with Crippen LogP contribution in [0, 0.1) is 11.8 Å². The molecule has 1 aliphatic carbocycles. The number of fused-ring (bicyclic) bond motifs is 1. The number of carbonyl (C=O) groups excluding carboxylic acids is 1. The lowest BCUT2D eigenvalue weighted by Crippen LogP contribution is -2.33. The van der Waals surface area contributed by atoms with E-state index in [4.69, 9.17) is 4.74 Å². The highest BCUT2D eigenvalue weighted by molar-refractivity contribution is 5.82. The summed E-state index contributed by atoms with van der Waals surface area (Å²) in [4.78, 5) is 31.1. The fourth-order valence-electron chi connectivity index (χ4n) is 5.47. The molecule has 1 N–H and O–H groups in total. The van der Waals surface area contributed by atoms with Crippen molar-refractivity contribution >= 4 is 28.3 Å². The van der Waals surface area contributed by atoms with Crippen molar-refractivity contribution in [3.8, 4) is 11.4 Å². The molecular weight excluding hydrogens is 560 g/mol. The third-order valence-corrected chi connectivity index (χ3v) is 8.15. The molecule has 9 heteroatoms. The smallest absolute Gasteiger partial charge is 0.305 e. The molecule has 0 aromatic carbocycles. The van der Waals surface area contributed by atoms with Gasteiger partial charge in [-0.15, -0.1) is 13.2 Å². The summed E-state index contributed by atoms with van der Waals surface area (Å²) in [7, 11) is 1.45. The third kappa shape index (κ3) is 7.56. The Morgan fingerprint density at radius 2 is 1.89 bits per heavy atom. The van der Waals surface area contributed by atoms with Crippen LogP contribution in [0.4, 0.5) is 8.78 Å². The highest BCUT2D eigenvalue weighted by Gasteiger charge is 2.24. The predicted molar refractivity (Wildman–Crippen MR) is 173 cm³/mol. The van der Waals surface area contributed by atoms with Crippen molar-refractivity contribution in [3.05, 3.63) is 90.8 Å². The van der Waals surface area contributed by atoms with Crippen LogP contribution in [0.2, 0.25) is 0 Å². The number of methoxy groups -OCH3 is 1. The van der Waals surface area contributed by atoms with Gasteiger partial charge in [0.2, 0.25) is 0 Å². The number of alkyl halides is 1. The molecule has 0 bridgehead atoms. The van der Waals surface area contributed by atoms with Gasteiger partial charge in [-0.3, -0.25) is 9.78 Å². The molecule has 7 nitrogen and oxygen atoms in total. The van der Waals surface area contributed by atoms with Gasteiger partial charge >= 0.3 is 5.97 Å². The summed E-state index contributed by atoms with van der Waals surface area (Å²) in [6.45, 7) is 13.8. The number of carbonyl (C=O) groups is 1. The molecule has 2 unspecified atom stereocenters. The first-order chi connectivity index (χ1) is 21.2. The van der Waals surface area contributed by atoms with Gasteiger partial charge in [0.25, 0.3) is 0 Å². The molecule has 0 amide bonds. The van der Waals surface area contributed by atoms with Gasteiger partial charge in [0.15, 0.2) is 5.65 Å². The molecule has 2 aliphatic rings. The van der Waals surface area contributed by atoms with Crippen LogP contribution in [-0.4, -0.2) is 57.2 Å². The Morgan fingerprint density at radius 1 is 1.14 bits per heavy atom. The van der Waals surface area contributed by atoms with Crippen molar-refractivity contribution in [3.63, 3.8) is 0 Å². The molecule has 3 aromatic rings. The zero-order valence-corrected chi connectivity index (χ0v) is 25.9. The van der Waals surface area contributed by atoms with Crippen molar-refractivity contribution in [2.45, 2.75) is 52.6 Å². The van der Waals surface area contributed by atoms with E-state index in [1.165, 1.54) is 12.8 Å². The minimum Gasteiger partial charge on any atom is -0.469 e. The van der Waals surface area contributed by atoms with E-state index >= 15 is 0 Å². The second-order valence-electron chi connectivity index (χ2n) is 11.1. The van der Waals surface area contributed by atoms with Crippen molar-refractivity contribution in [1.82, 2.24) is 24.8 Å². The van der Waals surface area contributed by atoms with Crippen LogP contribution in [0.1, 0.15) is 57.8 Å². The Labute approximate surface area is 258 Å². The van der Waals surface area contributed by atoms with Gasteiger partial charge in [-0.1, -0.05) is 26.0 Å². The molecule has 44 heavy (non-hydrogen) atoms. The molecule has 1 fully saturated rings. The first-order valence-electron chi connectivity index (χ1n) is 15.0. The Balaban J connectivity index is 0.00000216. The number of ether oxygens (including phenoxy) is 1. The Hall–Kier alpha value is -4.40. The summed E-state index contributed by atoms with van der Waals surface area (Å²) in [5.74, 6) is -0.148. The second kappa shape index (κ2) is 14.9. The van der Waals surface area contributed by atoms with Crippen molar-refractivity contribution in [2.24, 2.45) is 11.8 Å². The zero-order valence-electron chi connectivity index (χ0n) is 25.9. The number of halogens is 2. The van der Waals surface area contributed by atoms with E-state index in [1.54, 1.807) is 25.3 Å². The number of pyridine rings is 2. The predicted octanol–water partition coefficient (Wildman–Crippen LogP) is 8.02. The lowest BCUT2D eigenvalue weighted by Gasteiger charge is -2.34. The standard InChI is InChI=1S/C33H37F2N5O2.C2H4/c1-5-24(40-14-12-22(13-15-40)17-31(41)42-4)8-6-20(2)28-9-7-23(19-36-28)32-38-30-11-10-29(37-33(30)39-32)25-16-21(3)26(34)18-27(25)35;1-2/h6-11,16,18-19,21-22,26H,5,12-15,17H2,1-4H3,(H,37,38,39);1-2H2/b20-6+,24-8+;. The van der Waals surface area contributed by atoms with Crippen molar-refractivity contribution < 1.29 is 18.3 Å². The molecule has 3 aromatic heterocycles. The van der Waals surface area contributed by atoms with Crippen LogP contribution in [0.15, 0.2) is 79.4 Å². The molecule has 232 valence electrons. The Morgan fingerprint density at radius 3 is 2.55 bits per heavy atom. The summed E-state index contributed by atoms with van der Waals surface area (Å²) in [6, 6.07) is 7.45. The van der Waals surface area contributed by atoms with Gasteiger partial charge in [-0.25, -0.2) is 18.7 Å². The lowest BCUT2D eigenvalue weighted by molar-refractivity contribution is -0.142. The van der Waals surface area contributed by atoms with E-state index in [9.17, 15) is 13.6 Å². The van der Waals surface area contributed by atoms with E-state index in [0.29, 0.717) is 35.1 Å². The third-order valence-electron chi connectivity index (χ3n) is 8.15. The van der Waals surface area contributed by atoms with Crippen LogP contribution in [-0.2, 0) is 9.53 Å². The number of piperidine rings is 1. The molecule has 4 heterocycles. The highest BCUT2D eigenvalue weighted by atomic mass is 19.1. The topological polar surface area (TPSA) is 84.0 Å².